The van der Waals surface area contributed by atoms with E-state index in [4.69, 9.17) is 4.42 Å². The third-order valence-electron chi connectivity index (χ3n) is 10.8. The first kappa shape index (κ1) is 29.6. The van der Waals surface area contributed by atoms with Gasteiger partial charge in [0.25, 0.3) is 0 Å². The topological polar surface area (TPSA) is 21.3 Å². The molecule has 0 bridgehead atoms. The molecule has 9 aromatic carbocycles. The van der Waals surface area contributed by atoms with Crippen LogP contribution >= 0.6 is 0 Å². The summed E-state index contributed by atoms with van der Waals surface area (Å²) in [6, 6.07) is 69.8. The standard InChI is InChI=1S/C50H32N2O/c1-3-19-37-33(14-1)16-12-24-38(37)35-17-11-18-36(32-35)51(47-28-13-25-43-42-23-7-10-29-48(42)53-50(43)47)49-39-20-4-2-15-34(39)30-31-46(49)52-44-26-8-5-21-40(44)41-22-6-9-27-45(41)52/h1-32H. The van der Waals surface area contributed by atoms with Gasteiger partial charge < -0.3 is 13.9 Å². The van der Waals surface area contributed by atoms with E-state index in [9.17, 15) is 0 Å². The fourth-order valence-electron chi connectivity index (χ4n) is 8.43. The van der Waals surface area contributed by atoms with Crippen LogP contribution in [0.5, 0.6) is 0 Å². The monoisotopic (exact) mass is 676 g/mol. The number of nitrogens with zero attached hydrogens (tertiary/aromatic N) is 2. The number of fused-ring (bicyclic) bond motifs is 8. The molecule has 0 radical (unpaired) electrons. The smallest absolute Gasteiger partial charge is 0.159 e. The molecule has 0 fully saturated rings. The third kappa shape index (κ3) is 4.54. The van der Waals surface area contributed by atoms with Crippen molar-refractivity contribution in [3.63, 3.8) is 0 Å². The third-order valence-corrected chi connectivity index (χ3v) is 10.8. The Kier molecular flexibility index (Phi) is 6.55. The Balaban J connectivity index is 1.28. The van der Waals surface area contributed by atoms with E-state index in [1.807, 2.05) is 6.07 Å². The van der Waals surface area contributed by atoms with Crippen LogP contribution in [-0.2, 0) is 0 Å². The highest BCUT2D eigenvalue weighted by molar-refractivity contribution is 6.15. The van der Waals surface area contributed by atoms with Gasteiger partial charge in [0.15, 0.2) is 5.58 Å². The zero-order valence-corrected chi connectivity index (χ0v) is 28.8. The number of hydrogen-bond acceptors (Lipinski definition) is 2. The molecule has 0 atom stereocenters. The quantitative estimate of drug-likeness (QED) is 0.181. The number of rotatable bonds is 5. The Morgan fingerprint density at radius 1 is 0.415 bits per heavy atom. The molecular formula is C50H32N2O. The van der Waals surface area contributed by atoms with Crippen LogP contribution < -0.4 is 4.90 Å². The summed E-state index contributed by atoms with van der Waals surface area (Å²) in [7, 11) is 0. The van der Waals surface area contributed by atoms with Crippen LogP contribution in [0.4, 0.5) is 17.1 Å². The van der Waals surface area contributed by atoms with E-state index in [1.165, 1.54) is 32.5 Å². The van der Waals surface area contributed by atoms with Gasteiger partial charge in [-0.2, -0.15) is 0 Å². The summed E-state index contributed by atoms with van der Waals surface area (Å²) in [5.74, 6) is 0. The molecule has 0 spiro atoms. The van der Waals surface area contributed by atoms with Gasteiger partial charge in [-0.1, -0.05) is 152 Å². The molecule has 0 saturated heterocycles. The Morgan fingerprint density at radius 3 is 1.79 bits per heavy atom. The second kappa shape index (κ2) is 11.7. The summed E-state index contributed by atoms with van der Waals surface area (Å²) >= 11 is 0. The fourth-order valence-corrected chi connectivity index (χ4v) is 8.43. The van der Waals surface area contributed by atoms with E-state index in [0.29, 0.717) is 0 Å². The molecule has 3 nitrogen and oxygen atoms in total. The van der Waals surface area contributed by atoms with Gasteiger partial charge in [-0.25, -0.2) is 0 Å². The zero-order valence-electron chi connectivity index (χ0n) is 28.8. The number of anilines is 3. The van der Waals surface area contributed by atoms with Crippen molar-refractivity contribution in [3.8, 4) is 16.8 Å². The van der Waals surface area contributed by atoms with Gasteiger partial charge in [-0.15, -0.1) is 0 Å². The molecule has 0 aliphatic heterocycles. The molecule has 2 heterocycles. The first-order chi connectivity index (χ1) is 26.3. The number of furan rings is 1. The summed E-state index contributed by atoms with van der Waals surface area (Å²) in [5, 5.41) is 9.42. The maximum absolute atomic E-state index is 6.81. The van der Waals surface area contributed by atoms with Crippen molar-refractivity contribution < 1.29 is 4.42 Å². The van der Waals surface area contributed by atoms with Crippen molar-refractivity contribution in [2.75, 3.05) is 4.90 Å². The number of benzene rings is 9. The van der Waals surface area contributed by atoms with Gasteiger partial charge in [0.1, 0.15) is 5.58 Å². The summed E-state index contributed by atoms with van der Waals surface area (Å²) in [4.78, 5) is 2.43. The lowest BCUT2D eigenvalue weighted by atomic mass is 9.97. The molecule has 0 unspecified atom stereocenters. The summed E-state index contributed by atoms with van der Waals surface area (Å²) in [6.45, 7) is 0. The highest BCUT2D eigenvalue weighted by Crippen LogP contribution is 2.48. The first-order valence-electron chi connectivity index (χ1n) is 18.1. The molecule has 0 aliphatic carbocycles. The van der Waals surface area contributed by atoms with E-state index >= 15 is 0 Å². The molecule has 248 valence electrons. The molecule has 11 aromatic rings. The molecule has 0 amide bonds. The molecule has 11 rings (SSSR count). The normalized spacial score (nSPS) is 11.8. The van der Waals surface area contributed by atoms with Gasteiger partial charge in [-0.3, -0.25) is 0 Å². The second-order valence-electron chi connectivity index (χ2n) is 13.7. The highest BCUT2D eigenvalue weighted by atomic mass is 16.3. The first-order valence-corrected chi connectivity index (χ1v) is 18.1. The van der Waals surface area contributed by atoms with E-state index in [2.05, 4.69) is 198 Å². The zero-order chi connectivity index (χ0) is 34.9. The molecule has 3 heteroatoms. The minimum Gasteiger partial charge on any atom is -0.454 e. The molecule has 0 saturated carbocycles. The molecule has 2 aromatic heterocycles. The molecular weight excluding hydrogens is 645 g/mol. The van der Waals surface area contributed by atoms with Crippen molar-refractivity contribution in [2.45, 2.75) is 0 Å². The van der Waals surface area contributed by atoms with Crippen LogP contribution in [0.25, 0.3) is 82.1 Å². The molecule has 53 heavy (non-hydrogen) atoms. The van der Waals surface area contributed by atoms with Crippen molar-refractivity contribution in [2.24, 2.45) is 0 Å². The molecule has 0 aliphatic rings. The summed E-state index contributed by atoms with van der Waals surface area (Å²) < 4.78 is 9.25. The van der Waals surface area contributed by atoms with Crippen LogP contribution in [-0.4, -0.2) is 4.57 Å². The van der Waals surface area contributed by atoms with Crippen molar-refractivity contribution in [1.29, 1.82) is 0 Å². The van der Waals surface area contributed by atoms with Gasteiger partial charge >= 0.3 is 0 Å². The minimum absolute atomic E-state index is 0.852. The molecule has 0 N–H and O–H groups in total. The maximum atomic E-state index is 6.81. The van der Waals surface area contributed by atoms with E-state index < -0.39 is 0 Å². The van der Waals surface area contributed by atoms with Gasteiger partial charge in [0, 0.05) is 32.6 Å². The minimum atomic E-state index is 0.852. The Bertz CT molecular complexity index is 3140. The van der Waals surface area contributed by atoms with Crippen LogP contribution in [0.2, 0.25) is 0 Å². The predicted molar refractivity (Wildman–Crippen MR) is 223 cm³/mol. The van der Waals surface area contributed by atoms with Gasteiger partial charge in [-0.05, 0) is 69.8 Å². The second-order valence-corrected chi connectivity index (χ2v) is 13.7. The average Bonchev–Trinajstić information content (AvgIpc) is 3.77. The van der Waals surface area contributed by atoms with E-state index in [-0.39, 0.29) is 0 Å². The summed E-state index contributed by atoms with van der Waals surface area (Å²) in [5.41, 5.74) is 10.6. The Hall–Kier alpha value is -7.10. The van der Waals surface area contributed by atoms with E-state index in [1.54, 1.807) is 0 Å². The SMILES string of the molecule is c1cc(-c2cccc3ccccc23)cc(N(c2c(-n3c4ccccc4c4ccccc43)ccc3ccccc23)c2cccc3c2oc2ccccc23)c1. The van der Waals surface area contributed by atoms with Crippen LogP contribution in [0.3, 0.4) is 0 Å². The van der Waals surface area contributed by atoms with Gasteiger partial charge in [0.2, 0.25) is 0 Å². The van der Waals surface area contributed by atoms with Crippen molar-refractivity contribution in [1.82, 2.24) is 4.57 Å². The van der Waals surface area contributed by atoms with Crippen molar-refractivity contribution in [3.05, 3.63) is 194 Å². The van der Waals surface area contributed by atoms with Crippen LogP contribution in [0.1, 0.15) is 0 Å². The Morgan fingerprint density at radius 2 is 1.00 bits per heavy atom. The lowest BCUT2D eigenvalue weighted by Crippen LogP contribution is -2.14. The summed E-state index contributed by atoms with van der Waals surface area (Å²) in [6.07, 6.45) is 0. The largest absolute Gasteiger partial charge is 0.454 e. The number of para-hydroxylation sites is 4. The predicted octanol–water partition coefficient (Wildman–Crippen LogP) is 14.1. The van der Waals surface area contributed by atoms with E-state index in [0.717, 1.165) is 66.7 Å². The number of aromatic nitrogens is 1. The Labute approximate surface area is 306 Å². The highest BCUT2D eigenvalue weighted by Gasteiger charge is 2.26. The average molecular weight is 677 g/mol. The lowest BCUT2D eigenvalue weighted by molar-refractivity contribution is 0.669. The maximum Gasteiger partial charge on any atom is 0.159 e. The van der Waals surface area contributed by atoms with Gasteiger partial charge in [0.05, 0.1) is 28.1 Å². The van der Waals surface area contributed by atoms with Crippen LogP contribution in [0.15, 0.2) is 199 Å². The fraction of sp³-hybridized carbons (Fsp3) is 0. The lowest BCUT2D eigenvalue weighted by Gasteiger charge is -2.30. The van der Waals surface area contributed by atoms with Crippen LogP contribution in [0, 0.1) is 0 Å². The number of hydrogen-bond donors (Lipinski definition) is 0. The van der Waals surface area contributed by atoms with Crippen molar-refractivity contribution >= 4 is 82.4 Å².